The highest BCUT2D eigenvalue weighted by Gasteiger charge is 2.21. The molecular formula is C17H34N2O2. The second kappa shape index (κ2) is 10.2. The third-order valence-corrected chi connectivity index (χ3v) is 3.88. The second-order valence-corrected chi connectivity index (χ2v) is 6.88. The Bertz CT molecular complexity index is 293. The molecule has 1 saturated heterocycles. The molecule has 1 heterocycles. The van der Waals surface area contributed by atoms with Crippen LogP contribution < -0.4 is 5.32 Å². The van der Waals surface area contributed by atoms with Gasteiger partial charge in [-0.15, -0.1) is 0 Å². The molecule has 1 N–H and O–H groups in total. The SMILES string of the molecule is CC(C)NC(=O)CN1CCCC(CCCCOC(C)C)C1. The first-order chi connectivity index (χ1) is 9.97. The van der Waals surface area contributed by atoms with Crippen LogP contribution in [0.2, 0.25) is 0 Å². The maximum atomic E-state index is 11.8. The number of ether oxygens (including phenoxy) is 1. The summed E-state index contributed by atoms with van der Waals surface area (Å²) in [5, 5.41) is 2.98. The van der Waals surface area contributed by atoms with Crippen molar-refractivity contribution in [2.45, 2.75) is 71.9 Å². The molecule has 1 aliphatic rings. The maximum Gasteiger partial charge on any atom is 0.234 e. The molecule has 0 aromatic rings. The molecule has 124 valence electrons. The highest BCUT2D eigenvalue weighted by molar-refractivity contribution is 5.78. The summed E-state index contributed by atoms with van der Waals surface area (Å²) in [5.41, 5.74) is 0. The van der Waals surface area contributed by atoms with Crippen LogP contribution in [0, 0.1) is 5.92 Å². The molecule has 1 aliphatic heterocycles. The van der Waals surface area contributed by atoms with Gasteiger partial charge < -0.3 is 10.1 Å². The topological polar surface area (TPSA) is 41.6 Å². The molecule has 0 aromatic heterocycles. The lowest BCUT2D eigenvalue weighted by atomic mass is 9.93. The molecule has 1 fully saturated rings. The molecule has 0 aromatic carbocycles. The van der Waals surface area contributed by atoms with Crippen LogP contribution in [0.3, 0.4) is 0 Å². The molecule has 1 amide bonds. The number of likely N-dealkylation sites (tertiary alicyclic amines) is 1. The standard InChI is InChI=1S/C17H34N2O2/c1-14(2)18-17(20)13-19-10-7-9-16(12-19)8-5-6-11-21-15(3)4/h14-16H,5-13H2,1-4H3,(H,18,20). The van der Waals surface area contributed by atoms with E-state index in [9.17, 15) is 4.79 Å². The summed E-state index contributed by atoms with van der Waals surface area (Å²) in [6.45, 7) is 11.8. The highest BCUT2D eigenvalue weighted by atomic mass is 16.5. The third-order valence-electron chi connectivity index (χ3n) is 3.88. The lowest BCUT2D eigenvalue weighted by molar-refractivity contribution is -0.123. The van der Waals surface area contributed by atoms with Crippen LogP contribution in [0.15, 0.2) is 0 Å². The Hall–Kier alpha value is -0.610. The Labute approximate surface area is 130 Å². The number of hydrogen-bond acceptors (Lipinski definition) is 3. The quantitative estimate of drug-likeness (QED) is 0.666. The monoisotopic (exact) mass is 298 g/mol. The molecule has 1 rings (SSSR count). The van der Waals surface area contributed by atoms with Crippen LogP contribution in [0.25, 0.3) is 0 Å². The molecule has 0 spiro atoms. The Morgan fingerprint density at radius 3 is 2.71 bits per heavy atom. The second-order valence-electron chi connectivity index (χ2n) is 6.88. The van der Waals surface area contributed by atoms with Crippen LogP contribution in [0.5, 0.6) is 0 Å². The smallest absolute Gasteiger partial charge is 0.234 e. The average Bonchev–Trinajstić information content (AvgIpc) is 2.37. The van der Waals surface area contributed by atoms with Crippen molar-refractivity contribution in [2.75, 3.05) is 26.2 Å². The maximum absolute atomic E-state index is 11.8. The van der Waals surface area contributed by atoms with Crippen molar-refractivity contribution in [1.29, 1.82) is 0 Å². The van der Waals surface area contributed by atoms with Gasteiger partial charge >= 0.3 is 0 Å². The summed E-state index contributed by atoms with van der Waals surface area (Å²) in [7, 11) is 0. The number of amides is 1. The van der Waals surface area contributed by atoms with Gasteiger partial charge in [-0.1, -0.05) is 6.42 Å². The van der Waals surface area contributed by atoms with Crippen molar-refractivity contribution in [2.24, 2.45) is 5.92 Å². The van der Waals surface area contributed by atoms with E-state index in [1.54, 1.807) is 0 Å². The third kappa shape index (κ3) is 9.10. The summed E-state index contributed by atoms with van der Waals surface area (Å²) >= 11 is 0. The van der Waals surface area contributed by atoms with Crippen LogP contribution in [-0.2, 0) is 9.53 Å². The Morgan fingerprint density at radius 2 is 2.05 bits per heavy atom. The van der Waals surface area contributed by atoms with E-state index in [0.29, 0.717) is 12.6 Å². The number of rotatable bonds is 9. The van der Waals surface area contributed by atoms with E-state index in [4.69, 9.17) is 4.74 Å². The van der Waals surface area contributed by atoms with Crippen molar-refractivity contribution in [3.05, 3.63) is 0 Å². The van der Waals surface area contributed by atoms with E-state index in [1.807, 2.05) is 13.8 Å². The normalized spacial score (nSPS) is 20.2. The minimum atomic E-state index is 0.163. The Kier molecular flexibility index (Phi) is 8.93. The first-order valence-electron chi connectivity index (χ1n) is 8.60. The minimum absolute atomic E-state index is 0.163. The van der Waals surface area contributed by atoms with Gasteiger partial charge in [-0.3, -0.25) is 9.69 Å². The van der Waals surface area contributed by atoms with E-state index >= 15 is 0 Å². The van der Waals surface area contributed by atoms with Gasteiger partial charge in [0.05, 0.1) is 12.6 Å². The minimum Gasteiger partial charge on any atom is -0.379 e. The number of hydrogen-bond donors (Lipinski definition) is 1. The zero-order valence-electron chi connectivity index (χ0n) is 14.4. The van der Waals surface area contributed by atoms with Crippen molar-refractivity contribution < 1.29 is 9.53 Å². The van der Waals surface area contributed by atoms with Crippen molar-refractivity contribution >= 4 is 5.91 Å². The molecule has 0 radical (unpaired) electrons. The van der Waals surface area contributed by atoms with Gasteiger partial charge in [-0.05, 0) is 65.8 Å². The van der Waals surface area contributed by atoms with Gasteiger partial charge in [-0.2, -0.15) is 0 Å². The number of piperidine rings is 1. The van der Waals surface area contributed by atoms with E-state index in [0.717, 1.165) is 32.0 Å². The van der Waals surface area contributed by atoms with Crippen LogP contribution in [0.4, 0.5) is 0 Å². The molecular weight excluding hydrogens is 264 g/mol. The molecule has 0 saturated carbocycles. The van der Waals surface area contributed by atoms with E-state index < -0.39 is 0 Å². The lowest BCUT2D eigenvalue weighted by Crippen LogP contribution is -2.44. The molecule has 4 heteroatoms. The number of nitrogens with zero attached hydrogens (tertiary/aromatic N) is 1. The summed E-state index contributed by atoms with van der Waals surface area (Å²) < 4.78 is 5.58. The summed E-state index contributed by atoms with van der Waals surface area (Å²) in [6.07, 6.45) is 6.54. The number of carbonyl (C=O) groups is 1. The zero-order valence-corrected chi connectivity index (χ0v) is 14.4. The molecule has 1 atom stereocenters. The van der Waals surface area contributed by atoms with Crippen molar-refractivity contribution in [3.63, 3.8) is 0 Å². The Balaban J connectivity index is 2.15. The van der Waals surface area contributed by atoms with Gasteiger partial charge in [0.15, 0.2) is 0 Å². The first kappa shape index (κ1) is 18.4. The molecule has 0 aliphatic carbocycles. The van der Waals surface area contributed by atoms with Crippen LogP contribution >= 0.6 is 0 Å². The zero-order chi connectivity index (χ0) is 15.7. The average molecular weight is 298 g/mol. The lowest BCUT2D eigenvalue weighted by Gasteiger charge is -2.32. The molecule has 4 nitrogen and oxygen atoms in total. The number of unbranched alkanes of at least 4 members (excludes halogenated alkanes) is 1. The largest absolute Gasteiger partial charge is 0.379 e. The summed E-state index contributed by atoms with van der Waals surface area (Å²) in [4.78, 5) is 14.1. The fraction of sp³-hybridized carbons (Fsp3) is 0.941. The van der Waals surface area contributed by atoms with E-state index in [2.05, 4.69) is 24.1 Å². The fourth-order valence-electron chi connectivity index (χ4n) is 2.96. The van der Waals surface area contributed by atoms with Gasteiger partial charge in [0, 0.05) is 19.2 Å². The van der Waals surface area contributed by atoms with Gasteiger partial charge in [0.1, 0.15) is 0 Å². The summed E-state index contributed by atoms with van der Waals surface area (Å²) in [6, 6.07) is 0.235. The highest BCUT2D eigenvalue weighted by Crippen LogP contribution is 2.21. The molecule has 0 bridgehead atoms. The van der Waals surface area contributed by atoms with Gasteiger partial charge in [0.25, 0.3) is 0 Å². The van der Waals surface area contributed by atoms with Crippen molar-refractivity contribution in [3.8, 4) is 0 Å². The Morgan fingerprint density at radius 1 is 1.29 bits per heavy atom. The molecule has 21 heavy (non-hydrogen) atoms. The van der Waals surface area contributed by atoms with Crippen molar-refractivity contribution in [1.82, 2.24) is 10.2 Å². The number of nitrogens with one attached hydrogen (secondary N) is 1. The first-order valence-corrected chi connectivity index (χ1v) is 8.60. The van der Waals surface area contributed by atoms with Gasteiger partial charge in [-0.25, -0.2) is 0 Å². The predicted octanol–water partition coefficient (Wildman–Crippen LogP) is 2.82. The fourth-order valence-corrected chi connectivity index (χ4v) is 2.96. The van der Waals surface area contributed by atoms with Crippen LogP contribution in [-0.4, -0.2) is 49.2 Å². The van der Waals surface area contributed by atoms with E-state index in [1.165, 1.54) is 25.7 Å². The number of carbonyl (C=O) groups excluding carboxylic acids is 1. The van der Waals surface area contributed by atoms with Crippen LogP contribution in [0.1, 0.15) is 59.8 Å². The molecule has 1 unspecified atom stereocenters. The summed E-state index contributed by atoms with van der Waals surface area (Å²) in [5.74, 6) is 0.917. The van der Waals surface area contributed by atoms with E-state index in [-0.39, 0.29) is 11.9 Å². The van der Waals surface area contributed by atoms with Gasteiger partial charge in [0.2, 0.25) is 5.91 Å². The predicted molar refractivity (Wildman–Crippen MR) is 87.4 cm³/mol.